The summed E-state index contributed by atoms with van der Waals surface area (Å²) < 4.78 is 0. The minimum atomic E-state index is -0.343. The first-order valence-electron chi connectivity index (χ1n) is 6.06. The van der Waals surface area contributed by atoms with Crippen LogP contribution in [0.1, 0.15) is 33.6 Å². The summed E-state index contributed by atoms with van der Waals surface area (Å²) in [6.45, 7) is 7.92. The second-order valence-electron chi connectivity index (χ2n) is 5.23. The van der Waals surface area contributed by atoms with Crippen LogP contribution in [0, 0.1) is 0 Å². The van der Waals surface area contributed by atoms with Crippen LogP contribution in [0.5, 0.6) is 0 Å². The van der Waals surface area contributed by atoms with Crippen LogP contribution in [0.4, 0.5) is 0 Å². The smallest absolute Gasteiger partial charge is 0.242 e. The Bertz CT molecular complexity index is 253. The molecule has 0 aliphatic carbocycles. The lowest BCUT2D eigenvalue weighted by atomic mass is 9.95. The van der Waals surface area contributed by atoms with E-state index in [-0.39, 0.29) is 24.1 Å². The minimum Gasteiger partial charge on any atom is -0.394 e. The van der Waals surface area contributed by atoms with Gasteiger partial charge in [-0.05, 0) is 26.8 Å². The first kappa shape index (κ1) is 13.5. The van der Waals surface area contributed by atoms with Crippen LogP contribution in [0.2, 0.25) is 0 Å². The van der Waals surface area contributed by atoms with Crippen LogP contribution in [0.15, 0.2) is 0 Å². The predicted molar refractivity (Wildman–Crippen MR) is 64.2 cm³/mol. The molecule has 1 atom stereocenters. The zero-order chi connectivity index (χ0) is 12.3. The summed E-state index contributed by atoms with van der Waals surface area (Å²) in [6, 6.07) is -0.343. The Balaban J connectivity index is 2.78. The number of hydrogen-bond donors (Lipinski definition) is 1. The Morgan fingerprint density at radius 2 is 2.12 bits per heavy atom. The molecule has 1 heterocycles. The molecule has 4 heteroatoms. The van der Waals surface area contributed by atoms with E-state index in [4.69, 9.17) is 0 Å². The maximum atomic E-state index is 12.1. The molecule has 0 spiro atoms. The van der Waals surface area contributed by atoms with Crippen LogP contribution < -0.4 is 0 Å². The Labute approximate surface area is 98.2 Å². The van der Waals surface area contributed by atoms with Crippen molar-refractivity contribution in [3.05, 3.63) is 0 Å². The Hall–Kier alpha value is -0.610. The van der Waals surface area contributed by atoms with E-state index in [0.717, 1.165) is 25.9 Å². The molecule has 4 nitrogen and oxygen atoms in total. The molecular formula is C12H24N2O2. The van der Waals surface area contributed by atoms with E-state index in [1.54, 1.807) is 4.90 Å². The van der Waals surface area contributed by atoms with Gasteiger partial charge in [0.15, 0.2) is 0 Å². The van der Waals surface area contributed by atoms with Crippen molar-refractivity contribution in [1.29, 1.82) is 0 Å². The van der Waals surface area contributed by atoms with Crippen molar-refractivity contribution in [2.24, 2.45) is 0 Å². The highest BCUT2D eigenvalue weighted by molar-refractivity contribution is 5.83. The number of carbonyl (C=O) groups is 1. The standard InChI is InChI=1S/C12H24N2O2/c1-5-6-7-14-9-12(2,3)13(4)11(16)10(14)8-15/h10,15H,5-9H2,1-4H3. The minimum absolute atomic E-state index is 0.0369. The molecule has 1 rings (SSSR count). The van der Waals surface area contributed by atoms with Crippen LogP contribution in [0.3, 0.4) is 0 Å². The van der Waals surface area contributed by atoms with Gasteiger partial charge < -0.3 is 10.0 Å². The lowest BCUT2D eigenvalue weighted by Gasteiger charge is -2.48. The molecule has 1 fully saturated rings. The molecule has 0 radical (unpaired) electrons. The quantitative estimate of drug-likeness (QED) is 0.770. The molecule has 1 N–H and O–H groups in total. The average molecular weight is 228 g/mol. The fraction of sp³-hybridized carbons (Fsp3) is 0.917. The third-order valence-electron chi connectivity index (χ3n) is 3.53. The topological polar surface area (TPSA) is 43.8 Å². The largest absolute Gasteiger partial charge is 0.394 e. The van der Waals surface area contributed by atoms with E-state index >= 15 is 0 Å². The molecular weight excluding hydrogens is 204 g/mol. The molecule has 1 unspecified atom stereocenters. The highest BCUT2D eigenvalue weighted by Gasteiger charge is 2.41. The molecule has 1 amide bonds. The monoisotopic (exact) mass is 228 g/mol. The van der Waals surface area contributed by atoms with Crippen molar-refractivity contribution in [2.45, 2.75) is 45.2 Å². The van der Waals surface area contributed by atoms with Crippen molar-refractivity contribution in [1.82, 2.24) is 9.80 Å². The van der Waals surface area contributed by atoms with Gasteiger partial charge in [-0.25, -0.2) is 0 Å². The van der Waals surface area contributed by atoms with Gasteiger partial charge in [0.2, 0.25) is 5.91 Å². The van der Waals surface area contributed by atoms with Crippen molar-refractivity contribution < 1.29 is 9.90 Å². The van der Waals surface area contributed by atoms with Gasteiger partial charge in [0.05, 0.1) is 6.61 Å². The van der Waals surface area contributed by atoms with E-state index in [1.165, 1.54) is 0 Å². The van der Waals surface area contributed by atoms with Crippen LogP contribution in [0.25, 0.3) is 0 Å². The molecule has 1 saturated heterocycles. The van der Waals surface area contributed by atoms with Crippen LogP contribution >= 0.6 is 0 Å². The molecule has 0 aromatic carbocycles. The van der Waals surface area contributed by atoms with Gasteiger partial charge >= 0.3 is 0 Å². The van der Waals surface area contributed by atoms with Gasteiger partial charge in [-0.3, -0.25) is 9.69 Å². The molecule has 0 aromatic rings. The summed E-state index contributed by atoms with van der Waals surface area (Å²) in [5.41, 5.74) is -0.142. The summed E-state index contributed by atoms with van der Waals surface area (Å²) in [6.07, 6.45) is 2.18. The second kappa shape index (κ2) is 5.15. The number of likely N-dealkylation sites (N-methyl/N-ethyl adjacent to an activating group) is 1. The second-order valence-corrected chi connectivity index (χ2v) is 5.23. The number of carbonyl (C=O) groups excluding carboxylic acids is 1. The number of aliphatic hydroxyl groups is 1. The summed E-state index contributed by atoms with van der Waals surface area (Å²) in [5, 5.41) is 9.33. The molecule has 0 bridgehead atoms. The zero-order valence-corrected chi connectivity index (χ0v) is 10.9. The molecule has 0 aromatic heterocycles. The van der Waals surface area contributed by atoms with E-state index in [9.17, 15) is 9.90 Å². The van der Waals surface area contributed by atoms with Gasteiger partial charge in [-0.2, -0.15) is 0 Å². The van der Waals surface area contributed by atoms with E-state index in [1.807, 2.05) is 7.05 Å². The normalized spacial score (nSPS) is 26.2. The van der Waals surface area contributed by atoms with Gasteiger partial charge in [-0.15, -0.1) is 0 Å². The third-order valence-corrected chi connectivity index (χ3v) is 3.53. The number of rotatable bonds is 4. The SMILES string of the molecule is CCCCN1CC(C)(C)N(C)C(=O)C1CO. The van der Waals surface area contributed by atoms with Gasteiger partial charge in [0.1, 0.15) is 6.04 Å². The van der Waals surface area contributed by atoms with Gasteiger partial charge in [0.25, 0.3) is 0 Å². The summed E-state index contributed by atoms with van der Waals surface area (Å²) >= 11 is 0. The lowest BCUT2D eigenvalue weighted by molar-refractivity contribution is -0.151. The Morgan fingerprint density at radius 1 is 1.50 bits per heavy atom. The Morgan fingerprint density at radius 3 is 2.62 bits per heavy atom. The Kier molecular flexibility index (Phi) is 4.33. The van der Waals surface area contributed by atoms with Crippen molar-refractivity contribution >= 4 is 5.91 Å². The van der Waals surface area contributed by atoms with Crippen LogP contribution in [-0.4, -0.2) is 59.1 Å². The number of hydrogen-bond acceptors (Lipinski definition) is 3. The number of piperazine rings is 1. The van der Waals surface area contributed by atoms with Crippen molar-refractivity contribution in [3.8, 4) is 0 Å². The number of nitrogens with zero attached hydrogens (tertiary/aromatic N) is 2. The first-order chi connectivity index (χ1) is 7.44. The van der Waals surface area contributed by atoms with E-state index in [2.05, 4.69) is 25.7 Å². The number of unbranched alkanes of at least 4 members (excludes halogenated alkanes) is 1. The molecule has 1 aliphatic rings. The molecule has 94 valence electrons. The molecule has 1 aliphatic heterocycles. The third kappa shape index (κ3) is 2.55. The average Bonchev–Trinajstić information content (AvgIpc) is 2.23. The highest BCUT2D eigenvalue weighted by Crippen LogP contribution is 2.23. The number of amides is 1. The summed E-state index contributed by atoms with van der Waals surface area (Å²) in [7, 11) is 1.82. The molecule has 16 heavy (non-hydrogen) atoms. The summed E-state index contributed by atoms with van der Waals surface area (Å²) in [4.78, 5) is 15.9. The van der Waals surface area contributed by atoms with E-state index in [0.29, 0.717) is 0 Å². The summed E-state index contributed by atoms with van der Waals surface area (Å²) in [5.74, 6) is 0.0369. The van der Waals surface area contributed by atoms with Crippen LogP contribution in [-0.2, 0) is 4.79 Å². The predicted octanol–water partition coefficient (Wildman–Crippen LogP) is 0.700. The zero-order valence-electron chi connectivity index (χ0n) is 10.9. The van der Waals surface area contributed by atoms with Crippen molar-refractivity contribution in [2.75, 3.05) is 26.7 Å². The molecule has 0 saturated carbocycles. The highest BCUT2D eigenvalue weighted by atomic mass is 16.3. The fourth-order valence-electron chi connectivity index (χ4n) is 2.18. The van der Waals surface area contributed by atoms with Crippen molar-refractivity contribution in [3.63, 3.8) is 0 Å². The lowest BCUT2D eigenvalue weighted by Crippen LogP contribution is -2.66. The van der Waals surface area contributed by atoms with E-state index < -0.39 is 0 Å². The fourth-order valence-corrected chi connectivity index (χ4v) is 2.18. The van der Waals surface area contributed by atoms with Gasteiger partial charge in [-0.1, -0.05) is 13.3 Å². The first-order valence-corrected chi connectivity index (χ1v) is 6.06. The maximum Gasteiger partial charge on any atom is 0.242 e. The van der Waals surface area contributed by atoms with Gasteiger partial charge in [0, 0.05) is 19.1 Å². The number of aliphatic hydroxyl groups excluding tert-OH is 1. The maximum absolute atomic E-state index is 12.1.